The number of benzene rings is 2. The summed E-state index contributed by atoms with van der Waals surface area (Å²) in [7, 11) is -0.617. The molecule has 0 aliphatic carbocycles. The van der Waals surface area contributed by atoms with E-state index in [0.717, 1.165) is 40.0 Å². The normalized spacial score (nSPS) is 16.9. The minimum atomic E-state index is -3.58. The first-order chi connectivity index (χ1) is 13.8. The Bertz CT molecular complexity index is 984. The van der Waals surface area contributed by atoms with Gasteiger partial charge in [0.15, 0.2) is 0 Å². The molecule has 0 radical (unpaired) electrons. The fraction of sp³-hybridized carbons (Fsp3) is 0.381. The van der Waals surface area contributed by atoms with Gasteiger partial charge in [0.2, 0.25) is 10.0 Å². The standard InChI is InChI=1S/C21H26N2O4S2/c1-15-10-11-17(29(25,26)23(2)3)13-19(15)22-21(24)18-8-4-5-9-20(18)28-14-16-7-6-12-27-16/h4-5,8-11,13,16H,6-7,12,14H2,1-3H3,(H,22,24). The summed E-state index contributed by atoms with van der Waals surface area (Å²) in [5.74, 6) is 0.544. The molecule has 1 heterocycles. The summed E-state index contributed by atoms with van der Waals surface area (Å²) >= 11 is 1.61. The molecular weight excluding hydrogens is 408 g/mol. The number of carbonyl (C=O) groups excluding carboxylic acids is 1. The molecule has 8 heteroatoms. The van der Waals surface area contributed by atoms with Crippen molar-refractivity contribution in [1.82, 2.24) is 4.31 Å². The van der Waals surface area contributed by atoms with E-state index in [1.807, 2.05) is 25.1 Å². The maximum Gasteiger partial charge on any atom is 0.256 e. The van der Waals surface area contributed by atoms with Crippen molar-refractivity contribution in [3.05, 3.63) is 53.6 Å². The van der Waals surface area contributed by atoms with Crippen LogP contribution in [0.2, 0.25) is 0 Å². The molecule has 1 aliphatic heterocycles. The van der Waals surface area contributed by atoms with E-state index in [1.165, 1.54) is 20.2 Å². The van der Waals surface area contributed by atoms with Gasteiger partial charge >= 0.3 is 0 Å². The summed E-state index contributed by atoms with van der Waals surface area (Å²) in [6, 6.07) is 12.2. The quantitative estimate of drug-likeness (QED) is 0.672. The van der Waals surface area contributed by atoms with Crippen molar-refractivity contribution in [2.75, 3.05) is 31.8 Å². The van der Waals surface area contributed by atoms with Gasteiger partial charge in [-0.05, 0) is 49.6 Å². The molecule has 1 aliphatic rings. The molecule has 1 amide bonds. The van der Waals surface area contributed by atoms with Crippen LogP contribution in [0.4, 0.5) is 5.69 Å². The second kappa shape index (κ2) is 9.30. The zero-order valence-electron chi connectivity index (χ0n) is 16.8. The Balaban J connectivity index is 1.80. The number of nitrogens with zero attached hydrogens (tertiary/aromatic N) is 1. The molecular formula is C21H26N2O4S2. The predicted octanol–water partition coefficient (Wildman–Crippen LogP) is 3.77. The summed E-state index contributed by atoms with van der Waals surface area (Å²) in [5.41, 5.74) is 1.84. The molecule has 1 unspecified atom stereocenters. The third-order valence-corrected chi connectivity index (χ3v) is 7.83. The topological polar surface area (TPSA) is 75.7 Å². The van der Waals surface area contributed by atoms with Crippen molar-refractivity contribution in [1.29, 1.82) is 0 Å². The number of ether oxygens (including phenoxy) is 1. The van der Waals surface area contributed by atoms with E-state index in [4.69, 9.17) is 4.74 Å². The molecule has 2 aromatic carbocycles. The largest absolute Gasteiger partial charge is 0.377 e. The van der Waals surface area contributed by atoms with Crippen LogP contribution in [0.1, 0.15) is 28.8 Å². The lowest BCUT2D eigenvalue weighted by molar-refractivity contribution is 0.102. The zero-order valence-corrected chi connectivity index (χ0v) is 18.5. The Morgan fingerprint density at radius 1 is 1.24 bits per heavy atom. The van der Waals surface area contributed by atoms with Gasteiger partial charge in [-0.25, -0.2) is 12.7 Å². The first-order valence-electron chi connectivity index (χ1n) is 9.47. The predicted molar refractivity (Wildman–Crippen MR) is 116 cm³/mol. The van der Waals surface area contributed by atoms with Crippen LogP contribution in [-0.4, -0.2) is 51.2 Å². The summed E-state index contributed by atoms with van der Waals surface area (Å²) in [4.78, 5) is 14.0. The van der Waals surface area contributed by atoms with Crippen LogP contribution in [0, 0.1) is 6.92 Å². The Labute approximate surface area is 176 Å². The molecule has 1 atom stereocenters. The highest BCUT2D eigenvalue weighted by Crippen LogP contribution is 2.28. The van der Waals surface area contributed by atoms with Gasteiger partial charge in [0.1, 0.15) is 0 Å². The third kappa shape index (κ3) is 5.19. The lowest BCUT2D eigenvalue weighted by Gasteiger charge is -2.15. The average molecular weight is 435 g/mol. The Hall–Kier alpha value is -1.87. The first-order valence-corrected chi connectivity index (χ1v) is 11.9. The number of thioether (sulfide) groups is 1. The molecule has 0 aromatic heterocycles. The maximum atomic E-state index is 13.0. The number of carbonyl (C=O) groups is 1. The summed E-state index contributed by atoms with van der Waals surface area (Å²) in [6.07, 6.45) is 2.36. The van der Waals surface area contributed by atoms with Crippen LogP contribution < -0.4 is 5.32 Å². The van der Waals surface area contributed by atoms with Gasteiger partial charge in [-0.3, -0.25) is 4.79 Å². The van der Waals surface area contributed by atoms with Gasteiger partial charge in [-0.15, -0.1) is 11.8 Å². The van der Waals surface area contributed by atoms with E-state index >= 15 is 0 Å². The Morgan fingerprint density at radius 3 is 2.69 bits per heavy atom. The molecule has 156 valence electrons. The van der Waals surface area contributed by atoms with Gasteiger partial charge < -0.3 is 10.1 Å². The van der Waals surface area contributed by atoms with E-state index in [1.54, 1.807) is 30.0 Å². The second-order valence-corrected chi connectivity index (χ2v) is 10.4. The Morgan fingerprint density at radius 2 is 2.00 bits per heavy atom. The minimum absolute atomic E-state index is 0.143. The van der Waals surface area contributed by atoms with Gasteiger partial charge in [0.05, 0.1) is 16.6 Å². The monoisotopic (exact) mass is 434 g/mol. The third-order valence-electron chi connectivity index (χ3n) is 4.82. The molecule has 1 N–H and O–H groups in total. The van der Waals surface area contributed by atoms with Crippen molar-refractivity contribution >= 4 is 33.4 Å². The van der Waals surface area contributed by atoms with E-state index < -0.39 is 10.0 Å². The fourth-order valence-corrected chi connectivity index (χ4v) is 5.08. The molecule has 0 saturated carbocycles. The van der Waals surface area contributed by atoms with Gasteiger partial charge in [0, 0.05) is 37.0 Å². The highest BCUT2D eigenvalue weighted by Gasteiger charge is 2.20. The van der Waals surface area contributed by atoms with E-state index in [9.17, 15) is 13.2 Å². The van der Waals surface area contributed by atoms with E-state index in [-0.39, 0.29) is 16.9 Å². The lowest BCUT2D eigenvalue weighted by atomic mass is 10.1. The van der Waals surface area contributed by atoms with Crippen LogP contribution in [0.3, 0.4) is 0 Å². The van der Waals surface area contributed by atoms with Crippen molar-refractivity contribution in [3.63, 3.8) is 0 Å². The minimum Gasteiger partial charge on any atom is -0.377 e. The summed E-state index contributed by atoms with van der Waals surface area (Å²) in [5, 5.41) is 2.88. The number of sulfonamides is 1. The maximum absolute atomic E-state index is 13.0. The van der Waals surface area contributed by atoms with Gasteiger partial charge in [-0.2, -0.15) is 0 Å². The number of aryl methyl sites for hydroxylation is 1. The first kappa shape index (κ1) is 21.8. The highest BCUT2D eigenvalue weighted by atomic mass is 32.2. The number of nitrogens with one attached hydrogen (secondary N) is 1. The summed E-state index contributed by atoms with van der Waals surface area (Å²) in [6.45, 7) is 2.64. The van der Waals surface area contributed by atoms with Gasteiger partial charge in [-0.1, -0.05) is 18.2 Å². The number of hydrogen-bond donors (Lipinski definition) is 1. The molecule has 3 rings (SSSR count). The van der Waals surface area contributed by atoms with E-state index in [2.05, 4.69) is 5.32 Å². The van der Waals surface area contributed by atoms with Crippen LogP contribution in [0.25, 0.3) is 0 Å². The highest BCUT2D eigenvalue weighted by molar-refractivity contribution is 7.99. The lowest BCUT2D eigenvalue weighted by Crippen LogP contribution is -2.22. The van der Waals surface area contributed by atoms with Crippen LogP contribution in [0.5, 0.6) is 0 Å². The van der Waals surface area contributed by atoms with Crippen molar-refractivity contribution in [2.24, 2.45) is 0 Å². The molecule has 1 saturated heterocycles. The summed E-state index contributed by atoms with van der Waals surface area (Å²) < 4.78 is 31.7. The van der Waals surface area contributed by atoms with Crippen molar-refractivity contribution in [3.8, 4) is 0 Å². The number of amides is 1. The van der Waals surface area contributed by atoms with E-state index in [0.29, 0.717) is 11.3 Å². The molecule has 2 aromatic rings. The van der Waals surface area contributed by atoms with Crippen LogP contribution in [-0.2, 0) is 14.8 Å². The van der Waals surface area contributed by atoms with Crippen LogP contribution >= 0.6 is 11.8 Å². The van der Waals surface area contributed by atoms with Crippen molar-refractivity contribution in [2.45, 2.75) is 35.7 Å². The number of anilines is 1. The SMILES string of the molecule is Cc1ccc(S(=O)(=O)N(C)C)cc1NC(=O)c1ccccc1SCC1CCCO1. The second-order valence-electron chi connectivity index (χ2n) is 7.16. The van der Waals surface area contributed by atoms with Gasteiger partial charge in [0.25, 0.3) is 5.91 Å². The van der Waals surface area contributed by atoms with Crippen LogP contribution in [0.15, 0.2) is 52.3 Å². The smallest absolute Gasteiger partial charge is 0.256 e. The Kier molecular flexibility index (Phi) is 7.00. The number of rotatable bonds is 7. The zero-order chi connectivity index (χ0) is 21.0. The molecule has 0 spiro atoms. The molecule has 29 heavy (non-hydrogen) atoms. The average Bonchev–Trinajstić information content (AvgIpc) is 3.21. The molecule has 0 bridgehead atoms. The molecule has 6 nitrogen and oxygen atoms in total. The molecule has 1 fully saturated rings. The van der Waals surface area contributed by atoms with Crippen molar-refractivity contribution < 1.29 is 17.9 Å². The fourth-order valence-electron chi connectivity index (χ4n) is 3.04. The number of hydrogen-bond acceptors (Lipinski definition) is 5.